The third-order valence-corrected chi connectivity index (χ3v) is 4.71. The van der Waals surface area contributed by atoms with Gasteiger partial charge in [-0.1, -0.05) is 23.7 Å². The number of benzene rings is 1. The minimum atomic E-state index is -0.350. The molecule has 3 rings (SSSR count). The molecule has 3 nitrogen and oxygen atoms in total. The molecule has 0 unspecified atom stereocenters. The summed E-state index contributed by atoms with van der Waals surface area (Å²) in [6.45, 7) is 2.78. The summed E-state index contributed by atoms with van der Waals surface area (Å²) in [6.07, 6.45) is 6.07. The number of halogens is 2. The van der Waals surface area contributed by atoms with Gasteiger partial charge >= 0.3 is 0 Å². The zero-order valence-electron chi connectivity index (χ0n) is 13.6. The van der Waals surface area contributed by atoms with Crippen LogP contribution >= 0.6 is 11.6 Å². The van der Waals surface area contributed by atoms with Crippen molar-refractivity contribution >= 4 is 11.6 Å². The monoisotopic (exact) mass is 348 g/mol. The molecule has 1 saturated heterocycles. The van der Waals surface area contributed by atoms with Crippen molar-refractivity contribution in [1.82, 2.24) is 9.88 Å². The van der Waals surface area contributed by atoms with E-state index in [2.05, 4.69) is 9.88 Å². The average molecular weight is 349 g/mol. The molecule has 1 fully saturated rings. The Morgan fingerprint density at radius 3 is 2.96 bits per heavy atom. The SMILES string of the molecule is Fc1ccc([C@@H]2CCCN2CCCCOc2ccccn2)cc1Cl. The number of likely N-dealkylation sites (tertiary alicyclic amines) is 1. The maximum absolute atomic E-state index is 13.3. The summed E-state index contributed by atoms with van der Waals surface area (Å²) in [5.74, 6) is 0.328. The van der Waals surface area contributed by atoms with Gasteiger partial charge in [-0.15, -0.1) is 0 Å². The van der Waals surface area contributed by atoms with Crippen molar-refractivity contribution < 1.29 is 9.13 Å². The molecular formula is C19H22ClFN2O. The van der Waals surface area contributed by atoms with Gasteiger partial charge < -0.3 is 4.74 Å². The van der Waals surface area contributed by atoms with Crippen LogP contribution in [0.4, 0.5) is 4.39 Å². The second kappa shape index (κ2) is 8.45. The molecule has 128 valence electrons. The molecule has 2 aromatic rings. The van der Waals surface area contributed by atoms with Gasteiger partial charge in [0.15, 0.2) is 0 Å². The molecule has 0 bridgehead atoms. The van der Waals surface area contributed by atoms with E-state index in [4.69, 9.17) is 16.3 Å². The van der Waals surface area contributed by atoms with Gasteiger partial charge in [-0.3, -0.25) is 4.90 Å². The van der Waals surface area contributed by atoms with Gasteiger partial charge in [0.2, 0.25) is 5.88 Å². The first kappa shape index (κ1) is 17.2. The second-order valence-electron chi connectivity index (χ2n) is 6.09. The predicted molar refractivity (Wildman–Crippen MR) is 93.9 cm³/mol. The van der Waals surface area contributed by atoms with Gasteiger partial charge in [0.1, 0.15) is 5.82 Å². The number of pyridine rings is 1. The number of aromatic nitrogens is 1. The highest BCUT2D eigenvalue weighted by Gasteiger charge is 2.25. The highest BCUT2D eigenvalue weighted by Crippen LogP contribution is 2.33. The number of nitrogens with zero attached hydrogens (tertiary/aromatic N) is 2. The van der Waals surface area contributed by atoms with Gasteiger partial charge in [0.25, 0.3) is 0 Å². The Balaban J connectivity index is 1.45. The molecule has 1 atom stereocenters. The smallest absolute Gasteiger partial charge is 0.213 e. The lowest BCUT2D eigenvalue weighted by atomic mass is 10.0. The minimum absolute atomic E-state index is 0.211. The fourth-order valence-electron chi connectivity index (χ4n) is 3.22. The van der Waals surface area contributed by atoms with Crippen LogP contribution in [0.15, 0.2) is 42.6 Å². The van der Waals surface area contributed by atoms with E-state index in [1.165, 1.54) is 12.5 Å². The lowest BCUT2D eigenvalue weighted by Crippen LogP contribution is -2.24. The largest absolute Gasteiger partial charge is 0.478 e. The maximum atomic E-state index is 13.3. The number of rotatable bonds is 7. The van der Waals surface area contributed by atoms with Crippen molar-refractivity contribution in [2.75, 3.05) is 19.7 Å². The van der Waals surface area contributed by atoms with Crippen LogP contribution in [-0.4, -0.2) is 29.6 Å². The van der Waals surface area contributed by atoms with Crippen molar-refractivity contribution in [2.45, 2.75) is 31.7 Å². The van der Waals surface area contributed by atoms with Crippen molar-refractivity contribution in [3.8, 4) is 5.88 Å². The van der Waals surface area contributed by atoms with Crippen molar-refractivity contribution in [3.05, 3.63) is 59.0 Å². The Labute approximate surface area is 147 Å². The van der Waals surface area contributed by atoms with Crippen LogP contribution in [0.25, 0.3) is 0 Å². The molecule has 0 aliphatic carbocycles. The first-order chi connectivity index (χ1) is 11.7. The number of ether oxygens (including phenoxy) is 1. The minimum Gasteiger partial charge on any atom is -0.478 e. The van der Waals surface area contributed by atoms with Crippen molar-refractivity contribution in [3.63, 3.8) is 0 Å². The first-order valence-electron chi connectivity index (χ1n) is 8.47. The Bertz CT molecular complexity index is 653. The summed E-state index contributed by atoms with van der Waals surface area (Å²) in [6, 6.07) is 11.1. The first-order valence-corrected chi connectivity index (χ1v) is 8.84. The fourth-order valence-corrected chi connectivity index (χ4v) is 3.41. The molecular weight excluding hydrogens is 327 g/mol. The quantitative estimate of drug-likeness (QED) is 0.667. The van der Waals surface area contributed by atoms with Gasteiger partial charge in [0, 0.05) is 18.3 Å². The molecule has 0 spiro atoms. The molecule has 1 aromatic heterocycles. The van der Waals surface area contributed by atoms with Gasteiger partial charge in [-0.05, 0) is 62.5 Å². The molecule has 24 heavy (non-hydrogen) atoms. The Kier molecular flexibility index (Phi) is 6.05. The fraction of sp³-hybridized carbons (Fsp3) is 0.421. The van der Waals surface area contributed by atoms with E-state index in [1.807, 2.05) is 24.3 Å². The highest BCUT2D eigenvalue weighted by molar-refractivity contribution is 6.30. The van der Waals surface area contributed by atoms with E-state index in [9.17, 15) is 4.39 Å². The normalized spacial score (nSPS) is 18.0. The Morgan fingerprint density at radius 1 is 1.25 bits per heavy atom. The molecule has 1 aliphatic rings. The summed E-state index contributed by atoms with van der Waals surface area (Å²) in [4.78, 5) is 6.61. The van der Waals surface area contributed by atoms with Crippen LogP contribution < -0.4 is 4.74 Å². The number of hydrogen-bond donors (Lipinski definition) is 0. The molecule has 0 N–H and O–H groups in total. The van der Waals surface area contributed by atoms with Crippen LogP contribution in [0.1, 0.15) is 37.3 Å². The summed E-state index contributed by atoms with van der Waals surface area (Å²) in [7, 11) is 0. The molecule has 0 radical (unpaired) electrons. The maximum Gasteiger partial charge on any atom is 0.213 e. The average Bonchev–Trinajstić information content (AvgIpc) is 3.06. The van der Waals surface area contributed by atoms with E-state index in [-0.39, 0.29) is 10.8 Å². The van der Waals surface area contributed by atoms with Gasteiger partial charge in [0.05, 0.1) is 11.6 Å². The van der Waals surface area contributed by atoms with Crippen molar-refractivity contribution in [1.29, 1.82) is 0 Å². The summed E-state index contributed by atoms with van der Waals surface area (Å²) >= 11 is 5.93. The number of hydrogen-bond acceptors (Lipinski definition) is 3. The van der Waals surface area contributed by atoms with Gasteiger partial charge in [-0.25, -0.2) is 9.37 Å². The van der Waals surface area contributed by atoms with Crippen LogP contribution in [0, 0.1) is 5.82 Å². The molecule has 0 saturated carbocycles. The third kappa shape index (κ3) is 4.46. The Morgan fingerprint density at radius 2 is 2.17 bits per heavy atom. The Hall–Kier alpha value is -1.65. The number of unbranched alkanes of at least 4 members (excludes halogenated alkanes) is 1. The zero-order chi connectivity index (χ0) is 16.8. The molecule has 1 aliphatic heterocycles. The molecule has 0 amide bonds. The van der Waals surface area contributed by atoms with E-state index in [0.717, 1.165) is 37.9 Å². The predicted octanol–water partition coefficient (Wildman–Crippen LogP) is 4.87. The van der Waals surface area contributed by atoms with Gasteiger partial charge in [-0.2, -0.15) is 0 Å². The van der Waals surface area contributed by atoms with E-state index >= 15 is 0 Å². The second-order valence-corrected chi connectivity index (χ2v) is 6.50. The van der Waals surface area contributed by atoms with Crippen LogP contribution in [-0.2, 0) is 0 Å². The highest BCUT2D eigenvalue weighted by atomic mass is 35.5. The standard InChI is InChI=1S/C19H22ClFN2O/c20-16-14-15(8-9-17(16)21)18-6-5-12-23(18)11-3-4-13-24-19-7-1-2-10-22-19/h1-2,7-10,14,18H,3-6,11-13H2/t18-/m0/s1. The van der Waals surface area contributed by atoms with E-state index < -0.39 is 0 Å². The summed E-state index contributed by atoms with van der Waals surface area (Å²) in [5, 5.41) is 0.211. The molecule has 2 heterocycles. The van der Waals surface area contributed by atoms with Crippen LogP contribution in [0.3, 0.4) is 0 Å². The lowest BCUT2D eigenvalue weighted by molar-refractivity contribution is 0.235. The third-order valence-electron chi connectivity index (χ3n) is 4.42. The lowest BCUT2D eigenvalue weighted by Gasteiger charge is -2.25. The summed E-state index contributed by atoms with van der Waals surface area (Å²) in [5.41, 5.74) is 1.11. The molecule has 1 aromatic carbocycles. The zero-order valence-corrected chi connectivity index (χ0v) is 14.4. The molecule has 5 heteroatoms. The van der Waals surface area contributed by atoms with Crippen molar-refractivity contribution in [2.24, 2.45) is 0 Å². The topological polar surface area (TPSA) is 25.4 Å². The van der Waals surface area contributed by atoms with Crippen LogP contribution in [0.5, 0.6) is 5.88 Å². The van der Waals surface area contributed by atoms with E-state index in [0.29, 0.717) is 18.5 Å². The van der Waals surface area contributed by atoms with Crippen LogP contribution in [0.2, 0.25) is 5.02 Å². The van der Waals surface area contributed by atoms with E-state index in [1.54, 1.807) is 12.3 Å². The summed E-state index contributed by atoms with van der Waals surface area (Å²) < 4.78 is 19.0.